The molecule has 0 saturated heterocycles. The third-order valence-corrected chi connectivity index (χ3v) is 3.79. The van der Waals surface area contributed by atoms with Crippen LogP contribution in [0, 0.1) is 11.6 Å². The molecular weight excluding hydrogens is 312 g/mol. The van der Waals surface area contributed by atoms with Gasteiger partial charge in [0.05, 0.1) is 11.8 Å². The zero-order chi connectivity index (χ0) is 15.7. The second-order valence-corrected chi connectivity index (χ2v) is 5.44. The summed E-state index contributed by atoms with van der Waals surface area (Å²) in [7, 11) is 0. The van der Waals surface area contributed by atoms with Crippen molar-refractivity contribution in [2.45, 2.75) is 6.54 Å². The zero-order valence-electron chi connectivity index (χ0n) is 11.0. The van der Waals surface area contributed by atoms with Crippen molar-refractivity contribution in [3.63, 3.8) is 0 Å². The van der Waals surface area contributed by atoms with Crippen LogP contribution in [0.25, 0.3) is 10.2 Å². The molecule has 5 nitrogen and oxygen atoms in total. The standard InChI is InChI=1S/C14H9F2N3O2S/c15-8-3-9(16)5-10(4-8)18-12(20)6-19-7-17-11-1-2-22-13(11)14(19)21/h1-5,7H,6H2,(H,18,20). The van der Waals surface area contributed by atoms with E-state index in [-0.39, 0.29) is 17.8 Å². The predicted molar refractivity (Wildman–Crippen MR) is 78.9 cm³/mol. The van der Waals surface area contributed by atoms with Crippen LogP contribution in [0.5, 0.6) is 0 Å². The first-order chi connectivity index (χ1) is 10.5. The van der Waals surface area contributed by atoms with Gasteiger partial charge in [0.1, 0.15) is 22.9 Å². The topological polar surface area (TPSA) is 64.0 Å². The molecule has 0 bridgehead atoms. The fraction of sp³-hybridized carbons (Fsp3) is 0.0714. The van der Waals surface area contributed by atoms with Gasteiger partial charge >= 0.3 is 0 Å². The lowest BCUT2D eigenvalue weighted by Crippen LogP contribution is -2.27. The van der Waals surface area contributed by atoms with Gasteiger partial charge in [-0.3, -0.25) is 14.2 Å². The van der Waals surface area contributed by atoms with Crippen molar-refractivity contribution in [3.8, 4) is 0 Å². The summed E-state index contributed by atoms with van der Waals surface area (Å²) < 4.78 is 27.7. The normalized spacial score (nSPS) is 10.8. The summed E-state index contributed by atoms with van der Waals surface area (Å²) in [5.41, 5.74) is 0.222. The highest BCUT2D eigenvalue weighted by Gasteiger charge is 2.10. The molecule has 0 aliphatic carbocycles. The minimum atomic E-state index is -0.797. The Balaban J connectivity index is 1.81. The van der Waals surface area contributed by atoms with Gasteiger partial charge in [0.15, 0.2) is 0 Å². The Kier molecular flexibility index (Phi) is 3.68. The van der Waals surface area contributed by atoms with Gasteiger partial charge in [-0.15, -0.1) is 11.3 Å². The summed E-state index contributed by atoms with van der Waals surface area (Å²) in [6, 6.07) is 4.39. The van der Waals surface area contributed by atoms with Crippen LogP contribution < -0.4 is 10.9 Å². The van der Waals surface area contributed by atoms with E-state index in [1.807, 2.05) is 0 Å². The highest BCUT2D eigenvalue weighted by Crippen LogP contribution is 2.14. The minimum absolute atomic E-state index is 0.0132. The van der Waals surface area contributed by atoms with E-state index in [1.54, 1.807) is 11.4 Å². The largest absolute Gasteiger partial charge is 0.324 e. The van der Waals surface area contributed by atoms with Crippen molar-refractivity contribution in [1.29, 1.82) is 0 Å². The van der Waals surface area contributed by atoms with Crippen molar-refractivity contribution < 1.29 is 13.6 Å². The van der Waals surface area contributed by atoms with Crippen molar-refractivity contribution in [3.05, 3.63) is 58.0 Å². The molecule has 2 heterocycles. The van der Waals surface area contributed by atoms with Gasteiger partial charge in [-0.05, 0) is 23.6 Å². The molecule has 2 aromatic heterocycles. The highest BCUT2D eigenvalue weighted by atomic mass is 32.1. The van der Waals surface area contributed by atoms with Crippen LogP contribution in [0.1, 0.15) is 0 Å². The Morgan fingerprint density at radius 2 is 2.00 bits per heavy atom. The summed E-state index contributed by atoms with van der Waals surface area (Å²) in [5.74, 6) is -2.17. The molecule has 1 amide bonds. The third-order valence-electron chi connectivity index (χ3n) is 2.90. The average molecular weight is 321 g/mol. The number of carbonyl (C=O) groups excluding carboxylic acids is 1. The number of halogens is 2. The Hall–Kier alpha value is -2.61. The van der Waals surface area contributed by atoms with Crippen molar-refractivity contribution >= 4 is 33.1 Å². The fourth-order valence-corrected chi connectivity index (χ4v) is 2.77. The van der Waals surface area contributed by atoms with Gasteiger partial charge in [0.25, 0.3) is 5.56 Å². The van der Waals surface area contributed by atoms with Crippen molar-refractivity contribution in [1.82, 2.24) is 9.55 Å². The van der Waals surface area contributed by atoms with E-state index in [1.165, 1.54) is 17.7 Å². The van der Waals surface area contributed by atoms with E-state index < -0.39 is 17.5 Å². The summed E-state index contributed by atoms with van der Waals surface area (Å²) in [4.78, 5) is 28.1. The maximum Gasteiger partial charge on any atom is 0.271 e. The van der Waals surface area contributed by atoms with E-state index in [4.69, 9.17) is 0 Å². The fourth-order valence-electron chi connectivity index (χ4n) is 1.97. The molecule has 3 aromatic rings. The average Bonchev–Trinajstić information content (AvgIpc) is 2.90. The number of carbonyl (C=O) groups is 1. The summed E-state index contributed by atoms with van der Waals surface area (Å²) in [6.07, 6.45) is 1.27. The van der Waals surface area contributed by atoms with Crippen molar-refractivity contribution in [2.24, 2.45) is 0 Å². The third kappa shape index (κ3) is 2.86. The Labute approximate surface area is 126 Å². The van der Waals surface area contributed by atoms with Crippen LogP contribution in [0.2, 0.25) is 0 Å². The molecule has 1 aromatic carbocycles. The number of fused-ring (bicyclic) bond motifs is 1. The summed E-state index contributed by atoms with van der Waals surface area (Å²) in [6.45, 7) is -0.294. The minimum Gasteiger partial charge on any atom is -0.324 e. The number of hydrogen-bond acceptors (Lipinski definition) is 4. The second kappa shape index (κ2) is 5.64. The zero-order valence-corrected chi connectivity index (χ0v) is 11.9. The van der Waals surface area contributed by atoms with Gasteiger partial charge in [-0.25, -0.2) is 13.8 Å². The number of benzene rings is 1. The summed E-state index contributed by atoms with van der Waals surface area (Å²) in [5, 5.41) is 4.07. The molecular formula is C14H9F2N3O2S. The van der Waals surface area contributed by atoms with Gasteiger partial charge in [0.2, 0.25) is 5.91 Å². The number of thiophene rings is 1. The van der Waals surface area contributed by atoms with Crippen LogP contribution >= 0.6 is 11.3 Å². The molecule has 0 aliphatic heterocycles. The van der Waals surface area contributed by atoms with E-state index in [2.05, 4.69) is 10.3 Å². The van der Waals surface area contributed by atoms with E-state index in [9.17, 15) is 18.4 Å². The molecule has 22 heavy (non-hydrogen) atoms. The van der Waals surface area contributed by atoms with Crippen LogP contribution in [0.15, 0.2) is 40.8 Å². The monoisotopic (exact) mass is 321 g/mol. The second-order valence-electron chi connectivity index (χ2n) is 4.52. The number of anilines is 1. The maximum absolute atomic E-state index is 13.1. The molecule has 0 fully saturated rings. The molecule has 0 radical (unpaired) electrons. The lowest BCUT2D eigenvalue weighted by atomic mass is 10.3. The smallest absolute Gasteiger partial charge is 0.271 e. The Morgan fingerprint density at radius 1 is 1.27 bits per heavy atom. The quantitative estimate of drug-likeness (QED) is 0.805. The first-order valence-electron chi connectivity index (χ1n) is 6.21. The molecule has 3 rings (SSSR count). The molecule has 0 spiro atoms. The SMILES string of the molecule is O=C(Cn1cnc2ccsc2c1=O)Nc1cc(F)cc(F)c1. The number of hydrogen-bond donors (Lipinski definition) is 1. The Bertz CT molecular complexity index is 900. The number of nitrogens with zero attached hydrogens (tertiary/aromatic N) is 2. The summed E-state index contributed by atoms with van der Waals surface area (Å²) >= 11 is 1.24. The number of nitrogens with one attached hydrogen (secondary N) is 1. The molecule has 112 valence electrons. The van der Waals surface area contributed by atoms with Crippen LogP contribution in [0.4, 0.5) is 14.5 Å². The van der Waals surface area contributed by atoms with Gasteiger partial charge < -0.3 is 5.32 Å². The lowest BCUT2D eigenvalue weighted by molar-refractivity contribution is -0.116. The molecule has 8 heteroatoms. The van der Waals surface area contributed by atoms with Crippen LogP contribution in [-0.4, -0.2) is 15.5 Å². The van der Waals surface area contributed by atoms with Crippen LogP contribution in [-0.2, 0) is 11.3 Å². The molecule has 0 atom stereocenters. The molecule has 1 N–H and O–H groups in total. The van der Waals surface area contributed by atoms with Gasteiger partial charge in [-0.2, -0.15) is 0 Å². The highest BCUT2D eigenvalue weighted by molar-refractivity contribution is 7.17. The molecule has 0 aliphatic rings. The molecule has 0 saturated carbocycles. The first kappa shape index (κ1) is 14.3. The van der Waals surface area contributed by atoms with Gasteiger partial charge in [0, 0.05) is 11.8 Å². The number of amides is 1. The maximum atomic E-state index is 13.1. The predicted octanol–water partition coefficient (Wildman–Crippen LogP) is 2.37. The van der Waals surface area contributed by atoms with E-state index in [0.717, 1.165) is 16.7 Å². The Morgan fingerprint density at radius 3 is 2.73 bits per heavy atom. The number of rotatable bonds is 3. The van der Waals surface area contributed by atoms with E-state index >= 15 is 0 Å². The number of aromatic nitrogens is 2. The first-order valence-corrected chi connectivity index (χ1v) is 7.09. The lowest BCUT2D eigenvalue weighted by Gasteiger charge is -2.07. The van der Waals surface area contributed by atoms with Crippen LogP contribution in [0.3, 0.4) is 0 Å². The van der Waals surface area contributed by atoms with E-state index in [0.29, 0.717) is 16.3 Å². The molecule has 0 unspecified atom stereocenters. The van der Waals surface area contributed by atoms with Gasteiger partial charge in [-0.1, -0.05) is 0 Å². The van der Waals surface area contributed by atoms with Crippen molar-refractivity contribution in [2.75, 3.05) is 5.32 Å².